The molecule has 2 rings (SSSR count). The summed E-state index contributed by atoms with van der Waals surface area (Å²) in [4.78, 5) is 0. The van der Waals surface area contributed by atoms with Crippen molar-refractivity contribution in [1.29, 1.82) is 0 Å². The van der Waals surface area contributed by atoms with Crippen LogP contribution >= 0.6 is 0 Å². The molecule has 0 radical (unpaired) electrons. The van der Waals surface area contributed by atoms with Gasteiger partial charge in [-0.1, -0.05) is 44.5 Å². The van der Waals surface area contributed by atoms with E-state index in [2.05, 4.69) is 43.4 Å². The molecule has 1 nitrogen and oxygen atoms in total. The van der Waals surface area contributed by atoms with Crippen molar-refractivity contribution in [2.24, 2.45) is 5.41 Å². The van der Waals surface area contributed by atoms with Gasteiger partial charge in [0.05, 0.1) is 0 Å². The Morgan fingerprint density at radius 3 is 2.41 bits per heavy atom. The van der Waals surface area contributed by atoms with Crippen LogP contribution in [0.15, 0.2) is 24.3 Å². The Kier molecular flexibility index (Phi) is 4.22. The van der Waals surface area contributed by atoms with Crippen molar-refractivity contribution in [1.82, 2.24) is 5.32 Å². The van der Waals surface area contributed by atoms with E-state index in [1.807, 2.05) is 0 Å². The van der Waals surface area contributed by atoms with E-state index in [0.717, 1.165) is 13.0 Å². The molecule has 1 aliphatic carbocycles. The maximum absolute atomic E-state index is 3.66. The van der Waals surface area contributed by atoms with Gasteiger partial charge in [0.15, 0.2) is 0 Å². The number of rotatable bonds is 7. The first kappa shape index (κ1) is 12.6. The minimum absolute atomic E-state index is 0.663. The lowest BCUT2D eigenvalue weighted by atomic mass is 10.0. The summed E-state index contributed by atoms with van der Waals surface area (Å²) in [5, 5.41) is 3.66. The quantitative estimate of drug-likeness (QED) is 0.750. The van der Waals surface area contributed by atoms with Crippen LogP contribution in [0.3, 0.4) is 0 Å². The SMILES string of the molecule is CCCC1(CNCc2ccccc2CC)CC1. The highest BCUT2D eigenvalue weighted by Crippen LogP contribution is 2.48. The molecule has 94 valence electrons. The molecule has 0 atom stereocenters. The van der Waals surface area contributed by atoms with Crippen LogP contribution in [-0.2, 0) is 13.0 Å². The number of hydrogen-bond acceptors (Lipinski definition) is 1. The molecule has 1 aliphatic rings. The van der Waals surface area contributed by atoms with Gasteiger partial charge in [-0.15, -0.1) is 0 Å². The van der Waals surface area contributed by atoms with Crippen LogP contribution in [0.4, 0.5) is 0 Å². The first-order valence-corrected chi connectivity index (χ1v) is 7.07. The molecule has 1 heteroatoms. The van der Waals surface area contributed by atoms with E-state index in [-0.39, 0.29) is 0 Å². The molecule has 0 heterocycles. The van der Waals surface area contributed by atoms with Gasteiger partial charge in [-0.25, -0.2) is 0 Å². The van der Waals surface area contributed by atoms with Gasteiger partial charge < -0.3 is 5.32 Å². The van der Waals surface area contributed by atoms with Gasteiger partial charge in [0.1, 0.15) is 0 Å². The second-order valence-corrected chi connectivity index (χ2v) is 5.48. The fourth-order valence-electron chi connectivity index (χ4n) is 2.76. The van der Waals surface area contributed by atoms with Crippen molar-refractivity contribution in [2.75, 3.05) is 6.54 Å². The van der Waals surface area contributed by atoms with Crippen LogP contribution in [0.2, 0.25) is 0 Å². The second kappa shape index (κ2) is 5.68. The van der Waals surface area contributed by atoms with Crippen LogP contribution < -0.4 is 5.32 Å². The summed E-state index contributed by atoms with van der Waals surface area (Å²) in [6, 6.07) is 8.79. The Balaban J connectivity index is 1.82. The topological polar surface area (TPSA) is 12.0 Å². The number of nitrogens with one attached hydrogen (secondary N) is 1. The molecule has 1 N–H and O–H groups in total. The summed E-state index contributed by atoms with van der Waals surface area (Å²) in [7, 11) is 0. The van der Waals surface area contributed by atoms with Gasteiger partial charge in [-0.05, 0) is 42.2 Å². The Morgan fingerprint density at radius 1 is 1.12 bits per heavy atom. The smallest absolute Gasteiger partial charge is 0.0208 e. The van der Waals surface area contributed by atoms with E-state index >= 15 is 0 Å². The van der Waals surface area contributed by atoms with Crippen molar-refractivity contribution in [3.05, 3.63) is 35.4 Å². The van der Waals surface area contributed by atoms with E-state index in [0.29, 0.717) is 5.41 Å². The van der Waals surface area contributed by atoms with Crippen LogP contribution in [0, 0.1) is 5.41 Å². The van der Waals surface area contributed by atoms with Gasteiger partial charge in [0, 0.05) is 13.1 Å². The Labute approximate surface area is 106 Å². The average Bonchev–Trinajstić information content (AvgIpc) is 3.10. The van der Waals surface area contributed by atoms with Crippen LogP contribution in [0.5, 0.6) is 0 Å². The third-order valence-corrected chi connectivity index (χ3v) is 4.05. The van der Waals surface area contributed by atoms with E-state index in [9.17, 15) is 0 Å². The van der Waals surface area contributed by atoms with E-state index < -0.39 is 0 Å². The summed E-state index contributed by atoms with van der Waals surface area (Å²) in [6.45, 7) is 6.78. The maximum Gasteiger partial charge on any atom is 0.0208 e. The maximum atomic E-state index is 3.66. The first-order valence-electron chi connectivity index (χ1n) is 7.07. The highest BCUT2D eigenvalue weighted by Gasteiger charge is 2.40. The van der Waals surface area contributed by atoms with Gasteiger partial charge in [-0.2, -0.15) is 0 Å². The predicted molar refractivity (Wildman–Crippen MR) is 74.1 cm³/mol. The first-order chi connectivity index (χ1) is 8.29. The number of hydrogen-bond donors (Lipinski definition) is 1. The molecule has 0 saturated heterocycles. The van der Waals surface area contributed by atoms with Gasteiger partial charge >= 0.3 is 0 Å². The zero-order valence-electron chi connectivity index (χ0n) is 11.3. The summed E-state index contributed by atoms with van der Waals surface area (Å²) in [5.74, 6) is 0. The Morgan fingerprint density at radius 2 is 1.82 bits per heavy atom. The number of benzene rings is 1. The lowest BCUT2D eigenvalue weighted by molar-refractivity contribution is 0.420. The molecule has 1 saturated carbocycles. The molecule has 0 aromatic heterocycles. The summed E-state index contributed by atoms with van der Waals surface area (Å²) in [5.41, 5.74) is 3.62. The zero-order chi connectivity index (χ0) is 12.1. The van der Waals surface area contributed by atoms with Crippen molar-refractivity contribution in [3.8, 4) is 0 Å². The number of aryl methyl sites for hydroxylation is 1. The second-order valence-electron chi connectivity index (χ2n) is 5.48. The normalized spacial score (nSPS) is 17.1. The van der Waals surface area contributed by atoms with Gasteiger partial charge in [0.2, 0.25) is 0 Å². The minimum Gasteiger partial charge on any atom is -0.312 e. The molecular weight excluding hydrogens is 206 g/mol. The highest BCUT2D eigenvalue weighted by molar-refractivity contribution is 5.26. The van der Waals surface area contributed by atoms with Crippen molar-refractivity contribution >= 4 is 0 Å². The van der Waals surface area contributed by atoms with Crippen LogP contribution in [0.1, 0.15) is 50.7 Å². The standard InChI is InChI=1S/C16H25N/c1-3-9-16(10-11-16)13-17-12-15-8-6-5-7-14(15)4-2/h5-8,17H,3-4,9-13H2,1-2H3. The third-order valence-electron chi connectivity index (χ3n) is 4.05. The molecular formula is C16H25N. The third kappa shape index (κ3) is 3.32. The Bertz CT molecular complexity index is 352. The predicted octanol–water partition coefficient (Wildman–Crippen LogP) is 3.92. The fraction of sp³-hybridized carbons (Fsp3) is 0.625. The monoisotopic (exact) mass is 231 g/mol. The Hall–Kier alpha value is -0.820. The largest absolute Gasteiger partial charge is 0.312 e. The van der Waals surface area contributed by atoms with Gasteiger partial charge in [0.25, 0.3) is 0 Å². The van der Waals surface area contributed by atoms with Crippen molar-refractivity contribution < 1.29 is 0 Å². The summed E-state index contributed by atoms with van der Waals surface area (Å²) in [6.07, 6.45) is 6.73. The molecule has 0 spiro atoms. The molecule has 0 bridgehead atoms. The van der Waals surface area contributed by atoms with Gasteiger partial charge in [-0.3, -0.25) is 0 Å². The minimum atomic E-state index is 0.663. The summed E-state index contributed by atoms with van der Waals surface area (Å²) < 4.78 is 0. The van der Waals surface area contributed by atoms with Crippen LogP contribution in [0.25, 0.3) is 0 Å². The molecule has 1 aromatic rings. The van der Waals surface area contributed by atoms with E-state index in [4.69, 9.17) is 0 Å². The van der Waals surface area contributed by atoms with Crippen LogP contribution in [-0.4, -0.2) is 6.54 Å². The molecule has 0 amide bonds. The van der Waals surface area contributed by atoms with E-state index in [1.54, 1.807) is 0 Å². The summed E-state index contributed by atoms with van der Waals surface area (Å²) >= 11 is 0. The molecule has 0 aliphatic heterocycles. The average molecular weight is 231 g/mol. The lowest BCUT2D eigenvalue weighted by Crippen LogP contribution is -2.24. The zero-order valence-corrected chi connectivity index (χ0v) is 11.3. The molecule has 1 fully saturated rings. The van der Waals surface area contributed by atoms with E-state index in [1.165, 1.54) is 43.4 Å². The lowest BCUT2D eigenvalue weighted by Gasteiger charge is -2.16. The fourth-order valence-corrected chi connectivity index (χ4v) is 2.76. The highest BCUT2D eigenvalue weighted by atomic mass is 14.9. The van der Waals surface area contributed by atoms with Crippen molar-refractivity contribution in [3.63, 3.8) is 0 Å². The molecule has 0 unspecified atom stereocenters. The molecule has 17 heavy (non-hydrogen) atoms. The molecule has 1 aromatic carbocycles. The van der Waals surface area contributed by atoms with Crippen molar-refractivity contribution in [2.45, 2.75) is 52.5 Å².